The quantitative estimate of drug-likeness (QED) is 0.569. The zero-order valence-corrected chi connectivity index (χ0v) is 14.9. The minimum absolute atomic E-state index is 0.0302. The van der Waals surface area contributed by atoms with Crippen LogP contribution in [0.4, 0.5) is 5.69 Å². The van der Waals surface area contributed by atoms with E-state index < -0.39 is 0 Å². The Labute approximate surface area is 153 Å². The van der Waals surface area contributed by atoms with Crippen molar-refractivity contribution in [3.05, 3.63) is 95.3 Å². The van der Waals surface area contributed by atoms with E-state index in [1.807, 2.05) is 50.2 Å². The van der Waals surface area contributed by atoms with Crippen molar-refractivity contribution >= 4 is 17.4 Å². The van der Waals surface area contributed by atoms with Gasteiger partial charge in [-0.2, -0.15) is 4.57 Å². The number of amides is 1. The summed E-state index contributed by atoms with van der Waals surface area (Å²) in [5, 5.41) is 2.89. The van der Waals surface area contributed by atoms with E-state index in [1.165, 1.54) is 5.56 Å². The highest BCUT2D eigenvalue weighted by molar-refractivity contribution is 6.08. The van der Waals surface area contributed by atoms with Crippen LogP contribution in [-0.4, -0.2) is 11.7 Å². The second kappa shape index (κ2) is 7.74. The molecule has 26 heavy (non-hydrogen) atoms. The van der Waals surface area contributed by atoms with Gasteiger partial charge in [-0.3, -0.25) is 9.59 Å². The van der Waals surface area contributed by atoms with Crippen LogP contribution in [0.5, 0.6) is 0 Å². The lowest BCUT2D eigenvalue weighted by Crippen LogP contribution is -2.39. The van der Waals surface area contributed by atoms with Crippen molar-refractivity contribution < 1.29 is 14.2 Å². The van der Waals surface area contributed by atoms with Crippen molar-refractivity contribution in [3.63, 3.8) is 0 Å². The third-order valence-corrected chi connectivity index (χ3v) is 4.31. The molecule has 3 aromatic rings. The Morgan fingerprint density at radius 2 is 1.50 bits per heavy atom. The van der Waals surface area contributed by atoms with Gasteiger partial charge in [-0.05, 0) is 37.1 Å². The van der Waals surface area contributed by atoms with Crippen molar-refractivity contribution in [2.75, 3.05) is 5.32 Å². The van der Waals surface area contributed by atoms with Gasteiger partial charge in [-0.1, -0.05) is 36.4 Å². The van der Waals surface area contributed by atoms with E-state index in [4.69, 9.17) is 0 Å². The van der Waals surface area contributed by atoms with Gasteiger partial charge in [0.05, 0.1) is 0 Å². The molecular formula is C22H21N2O2+. The first-order valence-electron chi connectivity index (χ1n) is 8.49. The molecule has 0 aliphatic rings. The second-order valence-electron chi connectivity index (χ2n) is 6.30. The number of rotatable bonds is 5. The number of carbonyl (C=O) groups excluding carboxylic acids is 2. The fraction of sp³-hybridized carbons (Fsp3) is 0.136. The number of nitrogens with zero attached hydrogens (tertiary/aromatic N) is 1. The van der Waals surface area contributed by atoms with Gasteiger partial charge in [0, 0.05) is 28.9 Å². The Morgan fingerprint density at radius 1 is 0.846 bits per heavy atom. The number of benzene rings is 2. The molecule has 0 saturated heterocycles. The standard InChI is InChI=1S/C22H20N2O2/c1-16-8-9-20(14-17(16)2)23-21(25)15-24-12-10-19(11-13-24)22(26)18-6-4-3-5-7-18/h3-14H,15H2,1-2H3/p+1. The average Bonchev–Trinajstić information content (AvgIpc) is 2.65. The molecule has 1 N–H and O–H groups in total. The number of nitrogens with one attached hydrogen (secondary N) is 1. The monoisotopic (exact) mass is 345 g/mol. The normalized spacial score (nSPS) is 10.4. The molecule has 130 valence electrons. The molecular weight excluding hydrogens is 324 g/mol. The van der Waals surface area contributed by atoms with Gasteiger partial charge in [0.1, 0.15) is 0 Å². The van der Waals surface area contributed by atoms with Crippen LogP contribution in [0.3, 0.4) is 0 Å². The number of aryl methyl sites for hydroxylation is 2. The molecule has 3 rings (SSSR count). The van der Waals surface area contributed by atoms with Crippen LogP contribution in [0.1, 0.15) is 27.0 Å². The average molecular weight is 345 g/mol. The second-order valence-corrected chi connectivity index (χ2v) is 6.30. The van der Waals surface area contributed by atoms with Crippen LogP contribution in [0.2, 0.25) is 0 Å². The number of hydrogen-bond acceptors (Lipinski definition) is 2. The molecule has 4 nitrogen and oxygen atoms in total. The lowest BCUT2D eigenvalue weighted by atomic mass is 10.0. The number of pyridine rings is 1. The summed E-state index contributed by atoms with van der Waals surface area (Å²) >= 11 is 0. The highest BCUT2D eigenvalue weighted by Crippen LogP contribution is 2.14. The first kappa shape index (κ1) is 17.5. The van der Waals surface area contributed by atoms with E-state index >= 15 is 0 Å². The predicted molar refractivity (Wildman–Crippen MR) is 101 cm³/mol. The zero-order chi connectivity index (χ0) is 18.5. The van der Waals surface area contributed by atoms with Gasteiger partial charge in [0.15, 0.2) is 18.2 Å². The van der Waals surface area contributed by atoms with Crippen molar-refractivity contribution in [1.29, 1.82) is 0 Å². The third-order valence-electron chi connectivity index (χ3n) is 4.31. The van der Waals surface area contributed by atoms with E-state index in [2.05, 4.69) is 5.32 Å². The molecule has 0 unspecified atom stereocenters. The van der Waals surface area contributed by atoms with Crippen LogP contribution in [0, 0.1) is 13.8 Å². The topological polar surface area (TPSA) is 50.1 Å². The van der Waals surface area contributed by atoms with E-state index in [9.17, 15) is 9.59 Å². The molecule has 0 atom stereocenters. The SMILES string of the molecule is Cc1ccc(NC(=O)C[n+]2ccc(C(=O)c3ccccc3)cc2)cc1C. The predicted octanol–water partition coefficient (Wildman–Crippen LogP) is 3.46. The molecule has 0 radical (unpaired) electrons. The molecule has 0 fully saturated rings. The number of anilines is 1. The van der Waals surface area contributed by atoms with Gasteiger partial charge >= 0.3 is 0 Å². The van der Waals surface area contributed by atoms with Crippen molar-refractivity contribution in [2.45, 2.75) is 20.4 Å². The Balaban J connectivity index is 1.64. The maximum absolute atomic E-state index is 12.4. The molecule has 2 aromatic carbocycles. The molecule has 1 amide bonds. The number of carbonyl (C=O) groups is 2. The third kappa shape index (κ3) is 4.22. The first-order valence-corrected chi connectivity index (χ1v) is 8.49. The summed E-state index contributed by atoms with van der Waals surface area (Å²) in [6, 6.07) is 18.5. The lowest BCUT2D eigenvalue weighted by molar-refractivity contribution is -0.684. The Hall–Kier alpha value is -3.27. The Bertz CT molecular complexity index is 932. The van der Waals surface area contributed by atoms with E-state index in [1.54, 1.807) is 41.2 Å². The zero-order valence-electron chi connectivity index (χ0n) is 14.9. The summed E-state index contributed by atoms with van der Waals surface area (Å²) < 4.78 is 1.75. The van der Waals surface area contributed by atoms with Gasteiger partial charge in [0.25, 0.3) is 5.91 Å². The molecule has 0 aliphatic carbocycles. The molecule has 4 heteroatoms. The maximum Gasteiger partial charge on any atom is 0.290 e. The Morgan fingerprint density at radius 3 is 2.15 bits per heavy atom. The van der Waals surface area contributed by atoms with E-state index in [0.717, 1.165) is 11.3 Å². The maximum atomic E-state index is 12.4. The van der Waals surface area contributed by atoms with Gasteiger partial charge in [-0.15, -0.1) is 0 Å². The minimum Gasteiger partial charge on any atom is -0.321 e. The highest BCUT2D eigenvalue weighted by atomic mass is 16.2. The van der Waals surface area contributed by atoms with Crippen LogP contribution < -0.4 is 9.88 Å². The van der Waals surface area contributed by atoms with Crippen LogP contribution >= 0.6 is 0 Å². The van der Waals surface area contributed by atoms with E-state index in [-0.39, 0.29) is 18.2 Å². The van der Waals surface area contributed by atoms with E-state index in [0.29, 0.717) is 11.1 Å². The van der Waals surface area contributed by atoms with Crippen molar-refractivity contribution in [3.8, 4) is 0 Å². The highest BCUT2D eigenvalue weighted by Gasteiger charge is 2.13. The summed E-state index contributed by atoms with van der Waals surface area (Å²) in [5.41, 5.74) is 4.37. The minimum atomic E-state index is -0.111. The van der Waals surface area contributed by atoms with Gasteiger partial charge in [0.2, 0.25) is 6.54 Å². The van der Waals surface area contributed by atoms with Crippen molar-refractivity contribution in [1.82, 2.24) is 0 Å². The van der Waals surface area contributed by atoms with Gasteiger partial charge < -0.3 is 5.32 Å². The van der Waals surface area contributed by atoms with Gasteiger partial charge in [-0.25, -0.2) is 0 Å². The smallest absolute Gasteiger partial charge is 0.290 e. The summed E-state index contributed by atoms with van der Waals surface area (Å²) in [6.07, 6.45) is 3.49. The fourth-order valence-corrected chi connectivity index (χ4v) is 2.66. The number of aromatic nitrogens is 1. The molecule has 0 spiro atoms. The molecule has 0 saturated carbocycles. The molecule has 0 aliphatic heterocycles. The number of hydrogen-bond donors (Lipinski definition) is 1. The Kier molecular flexibility index (Phi) is 5.23. The number of ketones is 1. The first-order chi connectivity index (χ1) is 12.5. The largest absolute Gasteiger partial charge is 0.321 e. The van der Waals surface area contributed by atoms with Crippen LogP contribution in [0.15, 0.2) is 73.1 Å². The summed E-state index contributed by atoms with van der Waals surface area (Å²) in [6.45, 7) is 4.24. The van der Waals surface area contributed by atoms with Crippen LogP contribution in [0.25, 0.3) is 0 Å². The summed E-state index contributed by atoms with van der Waals surface area (Å²) in [4.78, 5) is 24.6. The summed E-state index contributed by atoms with van der Waals surface area (Å²) in [7, 11) is 0. The van der Waals surface area contributed by atoms with Crippen molar-refractivity contribution in [2.24, 2.45) is 0 Å². The molecule has 0 bridgehead atoms. The summed E-state index contributed by atoms with van der Waals surface area (Å²) in [5.74, 6) is -0.141. The van der Waals surface area contributed by atoms with Crippen LogP contribution in [-0.2, 0) is 11.3 Å². The molecule has 1 aromatic heterocycles. The lowest BCUT2D eigenvalue weighted by Gasteiger charge is -2.06. The fourth-order valence-electron chi connectivity index (χ4n) is 2.66. The molecule has 1 heterocycles.